The molecular formula is C14H17N3O3. The summed E-state index contributed by atoms with van der Waals surface area (Å²) in [5.41, 5.74) is 0.699. The molecule has 0 aromatic carbocycles. The largest absolute Gasteiger partial charge is 0.466 e. The van der Waals surface area contributed by atoms with Gasteiger partial charge in [0.25, 0.3) is 5.91 Å². The van der Waals surface area contributed by atoms with Crippen molar-refractivity contribution < 1.29 is 14.3 Å². The van der Waals surface area contributed by atoms with Crippen LogP contribution in [0.4, 0.5) is 5.82 Å². The number of hydrazone groups is 1. The summed E-state index contributed by atoms with van der Waals surface area (Å²) in [4.78, 5) is 27.8. The minimum Gasteiger partial charge on any atom is -0.466 e. The number of anilines is 1. The molecule has 0 bridgehead atoms. The normalized spacial score (nSPS) is 18.1. The lowest BCUT2D eigenvalue weighted by atomic mass is 9.98. The van der Waals surface area contributed by atoms with Gasteiger partial charge in [-0.2, -0.15) is 10.1 Å². The van der Waals surface area contributed by atoms with E-state index in [2.05, 4.69) is 10.1 Å². The van der Waals surface area contributed by atoms with E-state index in [1.54, 1.807) is 38.2 Å². The second-order valence-electron chi connectivity index (χ2n) is 4.48. The van der Waals surface area contributed by atoms with Crippen LogP contribution in [0.1, 0.15) is 26.7 Å². The van der Waals surface area contributed by atoms with E-state index >= 15 is 0 Å². The van der Waals surface area contributed by atoms with Gasteiger partial charge in [0.05, 0.1) is 12.5 Å². The molecule has 1 aromatic rings. The molecule has 0 radical (unpaired) electrons. The molecule has 2 heterocycles. The fraction of sp³-hybridized carbons (Fsp3) is 0.429. The van der Waals surface area contributed by atoms with Gasteiger partial charge in [-0.3, -0.25) is 9.59 Å². The van der Waals surface area contributed by atoms with Crippen LogP contribution in [-0.2, 0) is 14.3 Å². The van der Waals surface area contributed by atoms with Crippen LogP contribution in [0, 0.1) is 5.92 Å². The maximum absolute atomic E-state index is 12.3. The van der Waals surface area contributed by atoms with Crippen molar-refractivity contribution in [1.29, 1.82) is 0 Å². The Morgan fingerprint density at radius 2 is 2.25 bits per heavy atom. The highest BCUT2D eigenvalue weighted by Gasteiger charge is 2.35. The lowest BCUT2D eigenvalue weighted by Gasteiger charge is -2.12. The summed E-state index contributed by atoms with van der Waals surface area (Å²) in [6.07, 6.45) is 2.24. The molecule has 1 atom stereocenters. The van der Waals surface area contributed by atoms with Crippen molar-refractivity contribution in [1.82, 2.24) is 4.98 Å². The number of nitrogens with zero attached hydrogens (tertiary/aromatic N) is 3. The second kappa shape index (κ2) is 6.27. The van der Waals surface area contributed by atoms with Gasteiger partial charge < -0.3 is 4.74 Å². The van der Waals surface area contributed by atoms with Gasteiger partial charge in [-0.1, -0.05) is 6.07 Å². The van der Waals surface area contributed by atoms with E-state index in [0.29, 0.717) is 24.6 Å². The van der Waals surface area contributed by atoms with E-state index in [0.717, 1.165) is 0 Å². The number of hydrogen-bond acceptors (Lipinski definition) is 5. The minimum absolute atomic E-state index is 0.148. The molecule has 0 N–H and O–H groups in total. The number of carbonyl (C=O) groups excluding carboxylic acids is 2. The molecule has 1 aromatic heterocycles. The first kappa shape index (κ1) is 14.2. The van der Waals surface area contributed by atoms with Crippen molar-refractivity contribution in [2.24, 2.45) is 11.0 Å². The number of amides is 1. The number of ether oxygens (including phenoxy) is 1. The molecule has 0 saturated heterocycles. The van der Waals surface area contributed by atoms with Gasteiger partial charge in [0.1, 0.15) is 0 Å². The quantitative estimate of drug-likeness (QED) is 0.768. The molecule has 0 spiro atoms. The smallest absolute Gasteiger partial charge is 0.305 e. The highest BCUT2D eigenvalue weighted by molar-refractivity contribution is 6.14. The average Bonchev–Trinajstić information content (AvgIpc) is 2.73. The lowest BCUT2D eigenvalue weighted by molar-refractivity contribution is -0.143. The SMILES string of the molecule is CCOC(=O)CCC1C(=O)N(c2ccccn2)N=C1C. The van der Waals surface area contributed by atoms with Gasteiger partial charge in [-0.15, -0.1) is 0 Å². The molecule has 1 aliphatic rings. The first-order chi connectivity index (χ1) is 9.63. The summed E-state index contributed by atoms with van der Waals surface area (Å²) in [6, 6.07) is 5.30. The third-order valence-electron chi connectivity index (χ3n) is 3.08. The Labute approximate surface area is 117 Å². The Bertz CT molecular complexity index is 528. The first-order valence-electron chi connectivity index (χ1n) is 6.59. The molecule has 0 saturated carbocycles. The molecular weight excluding hydrogens is 258 g/mol. The van der Waals surface area contributed by atoms with Gasteiger partial charge in [-0.05, 0) is 32.4 Å². The van der Waals surface area contributed by atoms with E-state index in [9.17, 15) is 9.59 Å². The van der Waals surface area contributed by atoms with Gasteiger partial charge in [0.2, 0.25) is 0 Å². The Morgan fingerprint density at radius 1 is 1.45 bits per heavy atom. The second-order valence-corrected chi connectivity index (χ2v) is 4.48. The number of carbonyl (C=O) groups is 2. The maximum Gasteiger partial charge on any atom is 0.305 e. The zero-order valence-electron chi connectivity index (χ0n) is 11.6. The van der Waals surface area contributed by atoms with Crippen LogP contribution in [0.25, 0.3) is 0 Å². The molecule has 1 aliphatic heterocycles. The summed E-state index contributed by atoms with van der Waals surface area (Å²) in [7, 11) is 0. The molecule has 0 aliphatic carbocycles. The van der Waals surface area contributed by atoms with Crippen LogP contribution in [-0.4, -0.2) is 29.2 Å². The fourth-order valence-corrected chi connectivity index (χ4v) is 2.07. The Morgan fingerprint density at radius 3 is 2.90 bits per heavy atom. The Balaban J connectivity index is 2.02. The van der Waals surface area contributed by atoms with Crippen molar-refractivity contribution >= 4 is 23.4 Å². The van der Waals surface area contributed by atoms with Gasteiger partial charge >= 0.3 is 5.97 Å². The molecule has 106 valence electrons. The number of esters is 1. The Kier molecular flexibility index (Phi) is 4.45. The molecule has 6 heteroatoms. The standard InChI is InChI=1S/C14H17N3O3/c1-3-20-13(18)8-7-11-10(2)16-17(14(11)19)12-6-4-5-9-15-12/h4-6,9,11H,3,7-8H2,1-2H3. The van der Waals surface area contributed by atoms with Crippen molar-refractivity contribution in [2.45, 2.75) is 26.7 Å². The Hall–Kier alpha value is -2.24. The maximum atomic E-state index is 12.3. The third kappa shape index (κ3) is 3.01. The van der Waals surface area contributed by atoms with Crippen molar-refractivity contribution in [3.63, 3.8) is 0 Å². The molecule has 20 heavy (non-hydrogen) atoms. The van der Waals surface area contributed by atoms with Crippen LogP contribution >= 0.6 is 0 Å². The first-order valence-corrected chi connectivity index (χ1v) is 6.59. The zero-order valence-corrected chi connectivity index (χ0v) is 11.6. The van der Waals surface area contributed by atoms with E-state index in [1.807, 2.05) is 0 Å². The molecule has 0 fully saturated rings. The van der Waals surface area contributed by atoms with Gasteiger partial charge in [0, 0.05) is 18.3 Å². The monoisotopic (exact) mass is 275 g/mol. The predicted octanol–water partition coefficient (Wildman–Crippen LogP) is 1.76. The van der Waals surface area contributed by atoms with Crippen LogP contribution < -0.4 is 5.01 Å². The number of aromatic nitrogens is 1. The van der Waals surface area contributed by atoms with E-state index in [1.165, 1.54) is 5.01 Å². The summed E-state index contributed by atoms with van der Waals surface area (Å²) in [5.74, 6) is -0.313. The molecule has 2 rings (SSSR count). The topological polar surface area (TPSA) is 71.9 Å². The van der Waals surface area contributed by atoms with E-state index < -0.39 is 0 Å². The number of pyridine rings is 1. The van der Waals surface area contributed by atoms with Crippen molar-refractivity contribution in [3.05, 3.63) is 24.4 Å². The fourth-order valence-electron chi connectivity index (χ4n) is 2.07. The number of rotatable bonds is 5. The molecule has 1 amide bonds. The van der Waals surface area contributed by atoms with Gasteiger partial charge in [0.15, 0.2) is 5.82 Å². The van der Waals surface area contributed by atoms with Crippen molar-refractivity contribution in [3.8, 4) is 0 Å². The lowest BCUT2D eigenvalue weighted by Crippen LogP contribution is -2.28. The molecule has 1 unspecified atom stereocenters. The highest BCUT2D eigenvalue weighted by atomic mass is 16.5. The summed E-state index contributed by atoms with van der Waals surface area (Å²) >= 11 is 0. The third-order valence-corrected chi connectivity index (χ3v) is 3.08. The van der Waals surface area contributed by atoms with Crippen LogP contribution in [0.2, 0.25) is 0 Å². The van der Waals surface area contributed by atoms with E-state index in [-0.39, 0.29) is 24.2 Å². The average molecular weight is 275 g/mol. The summed E-state index contributed by atoms with van der Waals surface area (Å²) < 4.78 is 4.87. The number of hydrogen-bond donors (Lipinski definition) is 0. The van der Waals surface area contributed by atoms with E-state index in [4.69, 9.17) is 4.74 Å². The van der Waals surface area contributed by atoms with Crippen LogP contribution in [0.3, 0.4) is 0 Å². The minimum atomic E-state index is -0.374. The molecule has 6 nitrogen and oxygen atoms in total. The predicted molar refractivity (Wildman–Crippen MR) is 74.2 cm³/mol. The van der Waals surface area contributed by atoms with Crippen LogP contribution in [0.15, 0.2) is 29.5 Å². The van der Waals surface area contributed by atoms with Gasteiger partial charge in [-0.25, -0.2) is 4.98 Å². The van der Waals surface area contributed by atoms with Crippen molar-refractivity contribution in [2.75, 3.05) is 11.6 Å². The summed E-state index contributed by atoms with van der Waals surface area (Å²) in [6.45, 7) is 3.90. The summed E-state index contributed by atoms with van der Waals surface area (Å²) in [5, 5.41) is 5.53. The highest BCUT2D eigenvalue weighted by Crippen LogP contribution is 2.24. The zero-order chi connectivity index (χ0) is 14.5. The van der Waals surface area contributed by atoms with Crippen LogP contribution in [0.5, 0.6) is 0 Å².